The molecule has 2 nitrogen and oxygen atoms in total. The molecule has 0 radical (unpaired) electrons. The van der Waals surface area contributed by atoms with Crippen molar-refractivity contribution in [3.8, 4) is 5.75 Å². The Labute approximate surface area is 157 Å². The van der Waals surface area contributed by atoms with E-state index in [0.717, 1.165) is 12.8 Å². The molecule has 1 heterocycles. The van der Waals surface area contributed by atoms with E-state index in [1.807, 2.05) is 0 Å². The summed E-state index contributed by atoms with van der Waals surface area (Å²) in [6.45, 7) is 2.84. The highest BCUT2D eigenvalue weighted by molar-refractivity contribution is 5.25. The van der Waals surface area contributed by atoms with Gasteiger partial charge in [-0.3, -0.25) is 0 Å². The Hall–Kier alpha value is -1.37. The number of halogens is 5. The molecule has 2 fully saturated rings. The minimum Gasteiger partial charge on any atom is -0.432 e. The number of alkyl halides is 2. The minimum absolute atomic E-state index is 0. The van der Waals surface area contributed by atoms with Gasteiger partial charge in [-0.2, -0.15) is 8.78 Å². The van der Waals surface area contributed by atoms with Crippen molar-refractivity contribution >= 4 is 0 Å². The van der Waals surface area contributed by atoms with Gasteiger partial charge in [-0.15, -0.1) is 0 Å². The topological polar surface area (TPSA) is 18.5 Å². The highest BCUT2D eigenvalue weighted by atomic mass is 19.3. The average Bonchev–Trinajstić information content (AvgIpc) is 2.60. The van der Waals surface area contributed by atoms with Crippen LogP contribution in [0.4, 0.5) is 22.0 Å². The van der Waals surface area contributed by atoms with Crippen LogP contribution in [0, 0.1) is 35.2 Å². The van der Waals surface area contributed by atoms with Crippen LogP contribution >= 0.6 is 0 Å². The maximum Gasteiger partial charge on any atom is 0.400 e. The normalized spacial score (nSPS) is 29.1. The molecule has 7 heteroatoms. The third kappa shape index (κ3) is 5.12. The van der Waals surface area contributed by atoms with Gasteiger partial charge in [0, 0.05) is 18.7 Å². The molecule has 1 aliphatic carbocycles. The van der Waals surface area contributed by atoms with E-state index < -0.39 is 35.2 Å². The van der Waals surface area contributed by atoms with E-state index in [9.17, 15) is 22.0 Å². The van der Waals surface area contributed by atoms with E-state index in [1.54, 1.807) is 0 Å². The minimum atomic E-state index is -3.57. The Morgan fingerprint density at radius 1 is 0.963 bits per heavy atom. The molecule has 3 rings (SSSR count). The summed E-state index contributed by atoms with van der Waals surface area (Å²) in [5.74, 6) is -5.77. The van der Waals surface area contributed by atoms with Gasteiger partial charge in [0.25, 0.3) is 0 Å². The smallest absolute Gasteiger partial charge is 0.400 e. The van der Waals surface area contributed by atoms with Crippen LogP contribution in [0.15, 0.2) is 12.1 Å². The van der Waals surface area contributed by atoms with Crippen molar-refractivity contribution in [2.24, 2.45) is 17.8 Å². The molecular formula is C20H27F5O2. The predicted molar refractivity (Wildman–Crippen MR) is 92.2 cm³/mol. The number of ether oxygens (including phenoxy) is 2. The Morgan fingerprint density at radius 2 is 1.56 bits per heavy atom. The second-order valence-corrected chi connectivity index (χ2v) is 7.53. The second kappa shape index (κ2) is 8.76. The molecule has 0 N–H and O–H groups in total. The zero-order valence-corrected chi connectivity index (χ0v) is 14.6. The van der Waals surface area contributed by atoms with Crippen molar-refractivity contribution in [2.45, 2.75) is 65.1 Å². The maximum atomic E-state index is 14.4. The molecular weight excluding hydrogens is 367 g/mol. The molecule has 154 valence electrons. The number of hydrogen-bond donors (Lipinski definition) is 0. The highest BCUT2D eigenvalue weighted by Gasteiger charge is 2.45. The lowest BCUT2D eigenvalue weighted by atomic mass is 9.77. The molecule has 1 aromatic rings. The Morgan fingerprint density at radius 3 is 2.07 bits per heavy atom. The molecule has 0 bridgehead atoms. The lowest BCUT2D eigenvalue weighted by Gasteiger charge is -2.38. The standard InChI is InChI=1S/C19H23F5O2.CH4/c1-11-2-7-17(25-10-11)12-3-5-13(6-4-12)19(23,24)26-14-8-15(20)18(22)16(21)9-14;/h8-9,11-13,17H,2-7,10H2,1H3;1H4. The third-order valence-electron chi connectivity index (χ3n) is 5.52. The first-order chi connectivity index (χ1) is 12.3. The van der Waals surface area contributed by atoms with Gasteiger partial charge in [0.05, 0.1) is 12.0 Å². The van der Waals surface area contributed by atoms with Crippen LogP contribution in [0.5, 0.6) is 5.75 Å². The van der Waals surface area contributed by atoms with E-state index in [2.05, 4.69) is 11.7 Å². The van der Waals surface area contributed by atoms with Gasteiger partial charge in [0.15, 0.2) is 17.5 Å². The van der Waals surface area contributed by atoms with E-state index in [0.29, 0.717) is 37.5 Å². The maximum absolute atomic E-state index is 14.4. The van der Waals surface area contributed by atoms with Gasteiger partial charge in [0.1, 0.15) is 5.75 Å². The summed E-state index contributed by atoms with van der Waals surface area (Å²) in [4.78, 5) is 0. The Balaban J connectivity index is 0.00000261. The summed E-state index contributed by atoms with van der Waals surface area (Å²) in [5.41, 5.74) is 0. The van der Waals surface area contributed by atoms with Gasteiger partial charge < -0.3 is 9.47 Å². The van der Waals surface area contributed by atoms with E-state index >= 15 is 0 Å². The van der Waals surface area contributed by atoms with E-state index in [4.69, 9.17) is 4.74 Å². The van der Waals surface area contributed by atoms with Gasteiger partial charge in [0.2, 0.25) is 0 Å². The fraction of sp³-hybridized carbons (Fsp3) is 0.700. The summed E-state index contributed by atoms with van der Waals surface area (Å²) >= 11 is 0. The van der Waals surface area contributed by atoms with Crippen LogP contribution in [0.3, 0.4) is 0 Å². The first kappa shape index (κ1) is 21.9. The van der Waals surface area contributed by atoms with Crippen LogP contribution in [-0.4, -0.2) is 18.8 Å². The van der Waals surface area contributed by atoms with Crippen molar-refractivity contribution in [1.29, 1.82) is 0 Å². The fourth-order valence-electron chi connectivity index (χ4n) is 3.93. The predicted octanol–water partition coefficient (Wildman–Crippen LogP) is 6.33. The van der Waals surface area contributed by atoms with E-state index in [1.165, 1.54) is 0 Å². The molecule has 1 aromatic carbocycles. The monoisotopic (exact) mass is 394 g/mol. The largest absolute Gasteiger partial charge is 0.432 e. The van der Waals surface area contributed by atoms with Crippen LogP contribution in [0.2, 0.25) is 0 Å². The summed E-state index contributed by atoms with van der Waals surface area (Å²) in [6, 6.07) is 0.879. The molecule has 0 amide bonds. The quantitative estimate of drug-likeness (QED) is 0.439. The Kier molecular flexibility index (Phi) is 7.11. The second-order valence-electron chi connectivity index (χ2n) is 7.53. The van der Waals surface area contributed by atoms with Crippen LogP contribution in [0.25, 0.3) is 0 Å². The van der Waals surface area contributed by atoms with Crippen molar-refractivity contribution in [1.82, 2.24) is 0 Å². The van der Waals surface area contributed by atoms with Crippen LogP contribution in [0.1, 0.15) is 52.9 Å². The van der Waals surface area contributed by atoms with Gasteiger partial charge in [-0.1, -0.05) is 14.4 Å². The van der Waals surface area contributed by atoms with E-state index in [-0.39, 0.29) is 32.3 Å². The lowest BCUT2D eigenvalue weighted by Crippen LogP contribution is -2.40. The lowest BCUT2D eigenvalue weighted by molar-refractivity contribution is -0.225. The molecule has 1 saturated carbocycles. The molecule has 0 aromatic heterocycles. The van der Waals surface area contributed by atoms with Crippen molar-refractivity contribution in [3.63, 3.8) is 0 Å². The molecule has 2 atom stereocenters. The molecule has 1 saturated heterocycles. The molecule has 2 aliphatic rings. The molecule has 1 aliphatic heterocycles. The molecule has 2 unspecified atom stereocenters. The number of rotatable bonds is 4. The molecule has 27 heavy (non-hydrogen) atoms. The SMILES string of the molecule is C.CC1CCC(C2CCC(C(F)(F)Oc3cc(F)c(F)c(F)c3)CC2)OC1. The van der Waals surface area contributed by atoms with Crippen molar-refractivity contribution in [3.05, 3.63) is 29.6 Å². The fourth-order valence-corrected chi connectivity index (χ4v) is 3.93. The molecule has 0 spiro atoms. The zero-order chi connectivity index (χ0) is 18.9. The van der Waals surface area contributed by atoms with Crippen molar-refractivity contribution < 1.29 is 31.4 Å². The van der Waals surface area contributed by atoms with Gasteiger partial charge >= 0.3 is 6.11 Å². The Bertz CT molecular complexity index is 598. The first-order valence-electron chi connectivity index (χ1n) is 9.09. The summed E-state index contributed by atoms with van der Waals surface area (Å²) in [6.07, 6.45) is 0.316. The van der Waals surface area contributed by atoms with Gasteiger partial charge in [-0.05, 0) is 50.4 Å². The van der Waals surface area contributed by atoms with Crippen molar-refractivity contribution in [2.75, 3.05) is 6.61 Å². The summed E-state index contributed by atoms with van der Waals surface area (Å²) in [7, 11) is 0. The highest BCUT2D eigenvalue weighted by Crippen LogP contribution is 2.42. The van der Waals surface area contributed by atoms with Crippen LogP contribution < -0.4 is 4.74 Å². The summed E-state index contributed by atoms with van der Waals surface area (Å²) in [5, 5.41) is 0. The zero-order valence-electron chi connectivity index (χ0n) is 14.6. The average molecular weight is 394 g/mol. The number of benzene rings is 1. The number of hydrogen-bond acceptors (Lipinski definition) is 2. The first-order valence-corrected chi connectivity index (χ1v) is 9.09. The van der Waals surface area contributed by atoms with Gasteiger partial charge in [-0.25, -0.2) is 13.2 Å². The summed E-state index contributed by atoms with van der Waals surface area (Å²) < 4.78 is 78.5. The third-order valence-corrected chi connectivity index (χ3v) is 5.52. The van der Waals surface area contributed by atoms with Crippen LogP contribution in [-0.2, 0) is 4.74 Å².